The van der Waals surface area contributed by atoms with Crippen LogP contribution in [0.1, 0.15) is 47.4 Å². The molecule has 1 amide bonds. The number of aromatic nitrogens is 1. The van der Waals surface area contributed by atoms with Crippen LogP contribution in [0.15, 0.2) is 17.5 Å². The Hall–Kier alpha value is -1.24. The summed E-state index contributed by atoms with van der Waals surface area (Å²) < 4.78 is 0. The van der Waals surface area contributed by atoms with Crippen LogP contribution in [-0.4, -0.2) is 22.6 Å². The normalized spacial score (nSPS) is 11.6. The molecule has 2 rings (SSSR count). The first-order chi connectivity index (χ1) is 9.90. The third kappa shape index (κ3) is 4.36. The number of nitrogens with one attached hydrogen (secondary N) is 1. The number of thiophene rings is 1. The molecule has 0 aliphatic rings. The average Bonchev–Trinajstić information content (AvgIpc) is 3.04. The van der Waals surface area contributed by atoms with Gasteiger partial charge in [-0.25, -0.2) is 4.98 Å². The Kier molecular flexibility index (Phi) is 5.13. The Bertz CT molecular complexity index is 611. The summed E-state index contributed by atoms with van der Waals surface area (Å²) in [6.45, 7) is 6.47. The van der Waals surface area contributed by atoms with Gasteiger partial charge in [-0.05, 0) is 25.0 Å². The third-order valence-corrected chi connectivity index (χ3v) is 4.86. The maximum absolute atomic E-state index is 12.2. The lowest BCUT2D eigenvalue weighted by Gasteiger charge is -2.14. The summed E-state index contributed by atoms with van der Waals surface area (Å²) in [5.74, 6) is -0.120. The zero-order chi connectivity index (χ0) is 15.5. The molecule has 0 aliphatic carbocycles. The first kappa shape index (κ1) is 16.1. The number of thiazole rings is 1. The van der Waals surface area contributed by atoms with E-state index in [0.717, 1.165) is 23.4 Å². The van der Waals surface area contributed by atoms with Crippen LogP contribution < -0.4 is 5.32 Å². The monoisotopic (exact) mass is 324 g/mol. The van der Waals surface area contributed by atoms with E-state index in [-0.39, 0.29) is 17.9 Å². The van der Waals surface area contributed by atoms with E-state index in [1.54, 1.807) is 0 Å². The van der Waals surface area contributed by atoms with Crippen molar-refractivity contribution in [2.45, 2.75) is 39.0 Å². The summed E-state index contributed by atoms with van der Waals surface area (Å²) in [6.07, 6.45) is 1.53. The van der Waals surface area contributed by atoms with Crippen LogP contribution in [0.5, 0.6) is 0 Å². The molecule has 2 N–H and O–H groups in total. The van der Waals surface area contributed by atoms with E-state index < -0.39 is 0 Å². The van der Waals surface area contributed by atoms with Crippen molar-refractivity contribution in [2.75, 3.05) is 11.9 Å². The lowest BCUT2D eigenvalue weighted by atomic mass is 9.93. The maximum atomic E-state index is 12.2. The quantitative estimate of drug-likeness (QED) is 0.882. The molecule has 6 heteroatoms. The van der Waals surface area contributed by atoms with Gasteiger partial charge in [-0.15, -0.1) is 22.7 Å². The molecule has 0 fully saturated rings. The summed E-state index contributed by atoms with van der Waals surface area (Å²) >= 11 is 2.91. The van der Waals surface area contributed by atoms with Crippen LogP contribution in [0, 0.1) is 0 Å². The molecular formula is C15H20N2O2S2. The fraction of sp³-hybridized carbons (Fsp3) is 0.467. The number of aliphatic hydroxyl groups excluding tert-OH is 1. The van der Waals surface area contributed by atoms with Gasteiger partial charge in [0.05, 0.1) is 10.6 Å². The number of carbonyl (C=O) groups is 1. The highest BCUT2D eigenvalue weighted by Gasteiger charge is 2.18. The van der Waals surface area contributed by atoms with E-state index in [1.807, 2.05) is 17.5 Å². The fourth-order valence-corrected chi connectivity index (χ4v) is 3.60. The Morgan fingerprint density at radius 1 is 1.38 bits per heavy atom. The number of aryl methyl sites for hydroxylation is 1. The molecule has 0 saturated carbocycles. The van der Waals surface area contributed by atoms with Crippen molar-refractivity contribution in [1.29, 1.82) is 0 Å². The molecule has 0 spiro atoms. The Morgan fingerprint density at radius 3 is 2.76 bits per heavy atom. The standard InChI is InChI=1S/C15H20N2O2S2/c1-15(2,3)12-9-20-14(16-12)17-13(19)11-7-6-10(21-11)5-4-8-18/h6-7,9,18H,4-5,8H2,1-3H3,(H,16,17,19). The number of amides is 1. The second-order valence-corrected chi connectivity index (χ2v) is 7.86. The van der Waals surface area contributed by atoms with Crippen LogP contribution in [0.4, 0.5) is 5.13 Å². The molecular weight excluding hydrogens is 304 g/mol. The lowest BCUT2D eigenvalue weighted by molar-refractivity contribution is 0.103. The SMILES string of the molecule is CC(C)(C)c1csc(NC(=O)c2ccc(CCCO)s2)n1. The first-order valence-electron chi connectivity index (χ1n) is 6.87. The lowest BCUT2D eigenvalue weighted by Crippen LogP contribution is -2.13. The number of carbonyl (C=O) groups excluding carboxylic acids is 1. The maximum Gasteiger partial charge on any atom is 0.267 e. The van der Waals surface area contributed by atoms with Gasteiger partial charge in [0.1, 0.15) is 0 Å². The zero-order valence-corrected chi connectivity index (χ0v) is 14.1. The summed E-state index contributed by atoms with van der Waals surface area (Å²) in [6, 6.07) is 3.77. The molecule has 2 heterocycles. The van der Waals surface area contributed by atoms with Gasteiger partial charge in [0, 0.05) is 22.3 Å². The van der Waals surface area contributed by atoms with Gasteiger partial charge in [-0.2, -0.15) is 0 Å². The summed E-state index contributed by atoms with van der Waals surface area (Å²) in [7, 11) is 0. The van der Waals surface area contributed by atoms with Crippen molar-refractivity contribution >= 4 is 33.7 Å². The Morgan fingerprint density at radius 2 is 2.14 bits per heavy atom. The zero-order valence-electron chi connectivity index (χ0n) is 12.5. The van der Waals surface area contributed by atoms with Crippen LogP contribution >= 0.6 is 22.7 Å². The van der Waals surface area contributed by atoms with Crippen molar-refractivity contribution in [3.05, 3.63) is 33.0 Å². The molecule has 0 bridgehead atoms. The molecule has 114 valence electrons. The summed E-state index contributed by atoms with van der Waals surface area (Å²) in [5.41, 5.74) is 0.970. The third-order valence-electron chi connectivity index (χ3n) is 2.96. The number of nitrogens with zero attached hydrogens (tertiary/aromatic N) is 1. The molecule has 0 radical (unpaired) electrons. The highest BCUT2D eigenvalue weighted by Crippen LogP contribution is 2.27. The molecule has 0 atom stereocenters. The van der Waals surface area contributed by atoms with Crippen molar-refractivity contribution in [3.63, 3.8) is 0 Å². The molecule has 4 nitrogen and oxygen atoms in total. The average molecular weight is 324 g/mol. The minimum Gasteiger partial charge on any atom is -0.396 e. The Balaban J connectivity index is 2.01. The number of hydrogen-bond acceptors (Lipinski definition) is 5. The largest absolute Gasteiger partial charge is 0.396 e. The van der Waals surface area contributed by atoms with E-state index in [2.05, 4.69) is 31.1 Å². The second kappa shape index (κ2) is 6.68. The van der Waals surface area contributed by atoms with Gasteiger partial charge < -0.3 is 5.11 Å². The van der Waals surface area contributed by atoms with E-state index in [1.165, 1.54) is 22.7 Å². The van der Waals surface area contributed by atoms with Crippen LogP contribution in [0.3, 0.4) is 0 Å². The predicted octanol–water partition coefficient (Wildman–Crippen LogP) is 3.68. The smallest absolute Gasteiger partial charge is 0.267 e. The van der Waals surface area contributed by atoms with Gasteiger partial charge in [0.15, 0.2) is 5.13 Å². The highest BCUT2D eigenvalue weighted by atomic mass is 32.1. The Labute approximate surface area is 132 Å². The minimum absolute atomic E-state index is 0.0140. The first-order valence-corrected chi connectivity index (χ1v) is 8.56. The highest BCUT2D eigenvalue weighted by molar-refractivity contribution is 7.15. The van der Waals surface area contributed by atoms with E-state index in [9.17, 15) is 4.79 Å². The number of anilines is 1. The molecule has 0 aromatic carbocycles. The molecule has 2 aromatic heterocycles. The van der Waals surface area contributed by atoms with Crippen molar-refractivity contribution < 1.29 is 9.90 Å². The van der Waals surface area contributed by atoms with Crippen LogP contribution in [0.25, 0.3) is 0 Å². The van der Waals surface area contributed by atoms with Gasteiger partial charge in [0.2, 0.25) is 0 Å². The topological polar surface area (TPSA) is 62.2 Å². The van der Waals surface area contributed by atoms with Crippen molar-refractivity contribution in [3.8, 4) is 0 Å². The van der Waals surface area contributed by atoms with E-state index >= 15 is 0 Å². The van der Waals surface area contributed by atoms with Crippen LogP contribution in [-0.2, 0) is 11.8 Å². The fourth-order valence-electron chi connectivity index (χ4n) is 1.72. The number of aliphatic hydroxyl groups is 1. The van der Waals surface area contributed by atoms with E-state index in [4.69, 9.17) is 5.11 Å². The van der Waals surface area contributed by atoms with E-state index in [0.29, 0.717) is 10.0 Å². The number of rotatable bonds is 5. The summed E-state index contributed by atoms with van der Waals surface area (Å²) in [4.78, 5) is 18.4. The van der Waals surface area contributed by atoms with Gasteiger partial charge in [0.25, 0.3) is 5.91 Å². The van der Waals surface area contributed by atoms with Gasteiger partial charge in [-0.3, -0.25) is 10.1 Å². The predicted molar refractivity (Wildman–Crippen MR) is 88.5 cm³/mol. The number of hydrogen-bond donors (Lipinski definition) is 2. The summed E-state index contributed by atoms with van der Waals surface area (Å²) in [5, 5.41) is 14.3. The minimum atomic E-state index is -0.120. The van der Waals surface area contributed by atoms with Crippen molar-refractivity contribution in [2.24, 2.45) is 0 Å². The molecule has 0 aliphatic heterocycles. The second-order valence-electron chi connectivity index (χ2n) is 5.84. The molecule has 2 aromatic rings. The van der Waals surface area contributed by atoms with Crippen LogP contribution in [0.2, 0.25) is 0 Å². The molecule has 21 heavy (non-hydrogen) atoms. The molecule has 0 saturated heterocycles. The molecule has 0 unspecified atom stereocenters. The van der Waals surface area contributed by atoms with Gasteiger partial charge >= 0.3 is 0 Å². The van der Waals surface area contributed by atoms with Gasteiger partial charge in [-0.1, -0.05) is 20.8 Å². The van der Waals surface area contributed by atoms with Crippen molar-refractivity contribution in [1.82, 2.24) is 4.98 Å².